The number of benzene rings is 3. The fraction of sp³-hybridized carbons (Fsp3) is 0.143. The van der Waals surface area contributed by atoms with Gasteiger partial charge in [-0.05, 0) is 46.4 Å². The molecule has 0 atom stereocenters. The summed E-state index contributed by atoms with van der Waals surface area (Å²) in [5.41, 5.74) is 5.74. The number of carbonyl (C=O) groups excluding carboxylic acids is 1. The summed E-state index contributed by atoms with van der Waals surface area (Å²) in [4.78, 5) is 23.9. The molecule has 34 heavy (non-hydrogen) atoms. The average molecular weight is 470 g/mol. The van der Waals surface area contributed by atoms with Crippen molar-refractivity contribution < 1.29 is 19.4 Å². The molecule has 0 aliphatic heterocycles. The molecule has 5 nitrogen and oxygen atoms in total. The van der Waals surface area contributed by atoms with Crippen molar-refractivity contribution in [3.63, 3.8) is 0 Å². The first-order chi connectivity index (χ1) is 16.6. The molecule has 6 heteroatoms. The van der Waals surface area contributed by atoms with Gasteiger partial charge in [-0.2, -0.15) is 0 Å². The zero-order valence-electron chi connectivity index (χ0n) is 18.4. The normalized spacial score (nSPS) is 12.6. The van der Waals surface area contributed by atoms with E-state index in [2.05, 4.69) is 29.6 Å². The Balaban J connectivity index is 1.14. The topological polar surface area (TPSA) is 75.6 Å². The van der Waals surface area contributed by atoms with Gasteiger partial charge in [-0.3, -0.25) is 0 Å². The van der Waals surface area contributed by atoms with Crippen molar-refractivity contribution in [3.05, 3.63) is 100 Å². The molecule has 5 rings (SSSR count). The molecule has 0 saturated heterocycles. The molecule has 170 valence electrons. The second kappa shape index (κ2) is 9.53. The Kier molecular flexibility index (Phi) is 6.14. The minimum absolute atomic E-state index is 0.0415. The Bertz CT molecular complexity index is 1360. The van der Waals surface area contributed by atoms with Gasteiger partial charge in [0.15, 0.2) is 0 Å². The number of fused-ring (bicyclic) bond motifs is 4. The van der Waals surface area contributed by atoms with E-state index in [0.717, 1.165) is 15.6 Å². The summed E-state index contributed by atoms with van der Waals surface area (Å²) in [5, 5.41) is 13.0. The highest BCUT2D eigenvalue weighted by atomic mass is 32.1. The molecule has 0 unspecified atom stereocenters. The van der Waals surface area contributed by atoms with E-state index in [1.165, 1.54) is 33.6 Å². The lowest BCUT2D eigenvalue weighted by Crippen LogP contribution is -2.26. The van der Waals surface area contributed by atoms with Crippen LogP contribution in [0, 0.1) is 0 Å². The number of hydrogen-bond donors (Lipinski definition) is 2. The number of carboxylic acids is 1. The van der Waals surface area contributed by atoms with Crippen molar-refractivity contribution >= 4 is 39.6 Å². The largest absolute Gasteiger partial charge is 0.477 e. The van der Waals surface area contributed by atoms with Crippen LogP contribution in [0.1, 0.15) is 38.7 Å². The molecular weight excluding hydrogens is 446 g/mol. The molecule has 1 aliphatic rings. The molecule has 1 heterocycles. The summed E-state index contributed by atoms with van der Waals surface area (Å²) in [5.74, 6) is -0.872. The fourth-order valence-corrected chi connectivity index (χ4v) is 5.39. The standard InChI is InChI=1S/C28H23NO4S/c30-27(31)26-16-23-18(9-7-14-25(23)34-26)8-5-6-15-29-28(32)33-17-24-21-12-3-1-10-19(21)20-11-2-4-13-22(20)24/h1-5,7-14,16,24H,6,15,17H2,(H,29,32)(H,30,31). The highest BCUT2D eigenvalue weighted by molar-refractivity contribution is 7.20. The van der Waals surface area contributed by atoms with E-state index < -0.39 is 12.1 Å². The van der Waals surface area contributed by atoms with Crippen LogP contribution >= 0.6 is 11.3 Å². The highest BCUT2D eigenvalue weighted by Gasteiger charge is 2.28. The molecule has 0 fully saturated rings. The molecule has 0 bridgehead atoms. The van der Waals surface area contributed by atoms with Crippen LogP contribution in [0.4, 0.5) is 4.79 Å². The minimum Gasteiger partial charge on any atom is -0.477 e. The number of nitrogens with one attached hydrogen (secondary N) is 1. The van der Waals surface area contributed by atoms with E-state index in [1.54, 1.807) is 6.07 Å². The Morgan fingerprint density at radius 3 is 2.38 bits per heavy atom. The molecular formula is C28H23NO4S. The first-order valence-corrected chi connectivity index (χ1v) is 11.9. The Labute approximate surface area is 201 Å². The molecule has 0 spiro atoms. The number of rotatable bonds is 7. The van der Waals surface area contributed by atoms with Crippen molar-refractivity contribution in [2.75, 3.05) is 13.2 Å². The van der Waals surface area contributed by atoms with Crippen LogP contribution in [0.5, 0.6) is 0 Å². The summed E-state index contributed by atoms with van der Waals surface area (Å²) in [6.45, 7) is 0.745. The molecule has 1 aromatic heterocycles. The molecule has 0 radical (unpaired) electrons. The van der Waals surface area contributed by atoms with Gasteiger partial charge >= 0.3 is 12.1 Å². The van der Waals surface area contributed by atoms with Crippen LogP contribution in [0.3, 0.4) is 0 Å². The summed E-state index contributed by atoms with van der Waals surface area (Å²) in [6, 6.07) is 24.0. The van der Waals surface area contributed by atoms with Crippen LogP contribution < -0.4 is 5.32 Å². The lowest BCUT2D eigenvalue weighted by Gasteiger charge is -2.14. The summed E-state index contributed by atoms with van der Waals surface area (Å²) in [6.07, 6.45) is 4.13. The second-order valence-corrected chi connectivity index (χ2v) is 9.20. The van der Waals surface area contributed by atoms with Gasteiger partial charge in [0.25, 0.3) is 0 Å². The maximum atomic E-state index is 12.3. The number of carbonyl (C=O) groups is 2. The third-order valence-corrected chi connectivity index (χ3v) is 7.12. The van der Waals surface area contributed by atoms with E-state index in [9.17, 15) is 14.7 Å². The van der Waals surface area contributed by atoms with Crippen molar-refractivity contribution in [2.24, 2.45) is 0 Å². The number of carboxylic acid groups (broad SMARTS) is 1. The van der Waals surface area contributed by atoms with E-state index in [4.69, 9.17) is 4.74 Å². The Hall–Kier alpha value is -3.90. The number of alkyl carbamates (subject to hydrolysis) is 1. The molecule has 2 N–H and O–H groups in total. The third kappa shape index (κ3) is 4.32. The van der Waals surface area contributed by atoms with Crippen LogP contribution in [0.25, 0.3) is 27.3 Å². The second-order valence-electron chi connectivity index (χ2n) is 8.12. The minimum atomic E-state index is -0.913. The van der Waals surface area contributed by atoms with Gasteiger partial charge in [0.05, 0.1) is 0 Å². The molecule has 3 aromatic carbocycles. The molecule has 0 saturated carbocycles. The number of aromatic carboxylic acids is 1. The van der Waals surface area contributed by atoms with Crippen LogP contribution in [-0.4, -0.2) is 30.3 Å². The smallest absolute Gasteiger partial charge is 0.407 e. The lowest BCUT2D eigenvalue weighted by molar-refractivity contribution is 0.0702. The van der Waals surface area contributed by atoms with Gasteiger partial charge < -0.3 is 15.2 Å². The van der Waals surface area contributed by atoms with Gasteiger partial charge in [0.1, 0.15) is 11.5 Å². The first-order valence-electron chi connectivity index (χ1n) is 11.1. The zero-order chi connectivity index (χ0) is 23.5. The van der Waals surface area contributed by atoms with Crippen molar-refractivity contribution in [3.8, 4) is 11.1 Å². The predicted molar refractivity (Wildman–Crippen MR) is 136 cm³/mol. The van der Waals surface area contributed by atoms with E-state index >= 15 is 0 Å². The summed E-state index contributed by atoms with van der Waals surface area (Å²) < 4.78 is 6.50. The Morgan fingerprint density at radius 1 is 0.971 bits per heavy atom. The van der Waals surface area contributed by atoms with Gasteiger partial charge in [0, 0.05) is 22.5 Å². The van der Waals surface area contributed by atoms with E-state index in [-0.39, 0.29) is 5.92 Å². The number of thiophene rings is 1. The number of ether oxygens (including phenoxy) is 1. The third-order valence-electron chi connectivity index (χ3n) is 6.03. The maximum absolute atomic E-state index is 12.3. The highest BCUT2D eigenvalue weighted by Crippen LogP contribution is 2.44. The number of amides is 1. The van der Waals surface area contributed by atoms with Gasteiger partial charge in [0.2, 0.25) is 0 Å². The Morgan fingerprint density at radius 2 is 1.68 bits per heavy atom. The van der Waals surface area contributed by atoms with Crippen molar-refractivity contribution in [1.82, 2.24) is 5.32 Å². The fourth-order valence-electron chi connectivity index (χ4n) is 4.45. The van der Waals surface area contributed by atoms with E-state index in [1.807, 2.05) is 54.6 Å². The quantitative estimate of drug-likeness (QED) is 0.301. The van der Waals surface area contributed by atoms with E-state index in [0.29, 0.717) is 24.4 Å². The monoisotopic (exact) mass is 469 g/mol. The zero-order valence-corrected chi connectivity index (χ0v) is 19.2. The van der Waals surface area contributed by atoms with Crippen LogP contribution in [0.15, 0.2) is 78.9 Å². The van der Waals surface area contributed by atoms with Gasteiger partial charge in [-0.25, -0.2) is 9.59 Å². The predicted octanol–water partition coefficient (Wildman–Crippen LogP) is 6.54. The van der Waals surface area contributed by atoms with Gasteiger partial charge in [-0.15, -0.1) is 11.3 Å². The van der Waals surface area contributed by atoms with Gasteiger partial charge in [-0.1, -0.05) is 72.8 Å². The summed E-state index contributed by atoms with van der Waals surface area (Å²) in [7, 11) is 0. The SMILES string of the molecule is O=C(NCCC=Cc1cccc2sc(C(=O)O)cc12)OCC1c2ccccc2-c2ccccc21. The van der Waals surface area contributed by atoms with Crippen molar-refractivity contribution in [1.29, 1.82) is 0 Å². The van der Waals surface area contributed by atoms with Crippen molar-refractivity contribution in [2.45, 2.75) is 12.3 Å². The summed E-state index contributed by atoms with van der Waals surface area (Å²) >= 11 is 1.27. The van der Waals surface area contributed by atoms with Crippen LogP contribution in [-0.2, 0) is 4.74 Å². The lowest BCUT2D eigenvalue weighted by atomic mass is 9.98. The first kappa shape index (κ1) is 21.9. The maximum Gasteiger partial charge on any atom is 0.407 e. The molecule has 1 amide bonds. The molecule has 1 aliphatic carbocycles. The van der Waals surface area contributed by atoms with Crippen LogP contribution in [0.2, 0.25) is 0 Å². The molecule has 4 aromatic rings. The average Bonchev–Trinajstić information content (AvgIpc) is 3.43. The number of hydrogen-bond acceptors (Lipinski definition) is 4.